The van der Waals surface area contributed by atoms with Crippen molar-refractivity contribution in [2.45, 2.75) is 11.7 Å². The van der Waals surface area contributed by atoms with Crippen molar-refractivity contribution in [1.29, 1.82) is 0 Å². The van der Waals surface area contributed by atoms with Gasteiger partial charge in [-0.15, -0.1) is 5.10 Å². The van der Waals surface area contributed by atoms with E-state index in [0.717, 1.165) is 10.0 Å². The third-order valence-corrected chi connectivity index (χ3v) is 5.15. The summed E-state index contributed by atoms with van der Waals surface area (Å²) >= 11 is 4.70. The van der Waals surface area contributed by atoms with Crippen LogP contribution in [0.3, 0.4) is 0 Å². The van der Waals surface area contributed by atoms with Gasteiger partial charge in [0, 0.05) is 22.2 Å². The SMILES string of the molecule is O=C1N/C(=N\N=C\c2cccc([N+](=O)[O-])c2)S[C@@H]1Cc1ccc(Br)cc1. The molecule has 2 aromatic carbocycles. The summed E-state index contributed by atoms with van der Waals surface area (Å²) < 4.78 is 0.988. The highest BCUT2D eigenvalue weighted by Gasteiger charge is 2.30. The number of nitrogens with zero attached hydrogens (tertiary/aromatic N) is 3. The fraction of sp³-hybridized carbons (Fsp3) is 0.118. The molecule has 3 rings (SSSR count). The van der Waals surface area contributed by atoms with Gasteiger partial charge in [-0.1, -0.05) is 52.0 Å². The van der Waals surface area contributed by atoms with Crippen molar-refractivity contribution in [3.05, 3.63) is 74.2 Å². The minimum Gasteiger partial charge on any atom is -0.303 e. The fourth-order valence-electron chi connectivity index (χ4n) is 2.29. The van der Waals surface area contributed by atoms with Gasteiger partial charge in [0.2, 0.25) is 5.91 Å². The Labute approximate surface area is 161 Å². The summed E-state index contributed by atoms with van der Waals surface area (Å²) in [4.78, 5) is 22.3. The number of nitro groups is 1. The molecule has 0 bridgehead atoms. The Morgan fingerprint density at radius 2 is 2.04 bits per heavy atom. The highest BCUT2D eigenvalue weighted by atomic mass is 79.9. The molecule has 132 valence electrons. The first kappa shape index (κ1) is 18.3. The van der Waals surface area contributed by atoms with Crippen molar-refractivity contribution in [2.75, 3.05) is 0 Å². The zero-order chi connectivity index (χ0) is 18.5. The molecule has 1 atom stereocenters. The summed E-state index contributed by atoms with van der Waals surface area (Å²) in [6, 6.07) is 13.9. The van der Waals surface area contributed by atoms with Crippen molar-refractivity contribution in [3.8, 4) is 0 Å². The molecular formula is C17H13BrN4O3S. The molecule has 1 aliphatic rings. The summed E-state index contributed by atoms with van der Waals surface area (Å²) in [5.41, 5.74) is 1.60. The summed E-state index contributed by atoms with van der Waals surface area (Å²) in [5.74, 6) is -0.109. The Bertz CT molecular complexity index is 899. The number of nitro benzene ring substituents is 1. The molecule has 0 aliphatic carbocycles. The molecule has 0 aromatic heterocycles. The highest BCUT2D eigenvalue weighted by Crippen LogP contribution is 2.24. The van der Waals surface area contributed by atoms with E-state index in [4.69, 9.17) is 0 Å². The molecule has 1 N–H and O–H groups in total. The third kappa shape index (κ3) is 4.77. The lowest BCUT2D eigenvalue weighted by atomic mass is 10.1. The number of carbonyl (C=O) groups excluding carboxylic acids is 1. The molecule has 0 saturated carbocycles. The van der Waals surface area contributed by atoms with Crippen LogP contribution in [0.1, 0.15) is 11.1 Å². The zero-order valence-electron chi connectivity index (χ0n) is 13.3. The molecule has 1 saturated heterocycles. The van der Waals surface area contributed by atoms with Crippen LogP contribution in [0.2, 0.25) is 0 Å². The average molecular weight is 433 g/mol. The molecule has 0 radical (unpaired) electrons. The van der Waals surface area contributed by atoms with Crippen molar-refractivity contribution in [2.24, 2.45) is 10.2 Å². The van der Waals surface area contributed by atoms with E-state index in [2.05, 4.69) is 31.4 Å². The second-order valence-electron chi connectivity index (χ2n) is 5.43. The van der Waals surface area contributed by atoms with Crippen LogP contribution in [0.4, 0.5) is 5.69 Å². The smallest absolute Gasteiger partial charge is 0.270 e. The van der Waals surface area contributed by atoms with Crippen molar-refractivity contribution < 1.29 is 9.72 Å². The Hall–Kier alpha value is -2.52. The third-order valence-electron chi connectivity index (χ3n) is 3.55. The van der Waals surface area contributed by atoms with Crippen LogP contribution in [0.15, 0.2) is 63.2 Å². The van der Waals surface area contributed by atoms with Crippen LogP contribution in [0, 0.1) is 10.1 Å². The second-order valence-corrected chi connectivity index (χ2v) is 7.54. The molecule has 26 heavy (non-hydrogen) atoms. The first-order valence-corrected chi connectivity index (χ1v) is 9.26. The van der Waals surface area contributed by atoms with Crippen molar-refractivity contribution in [3.63, 3.8) is 0 Å². The highest BCUT2D eigenvalue weighted by molar-refractivity contribution is 9.10. The van der Waals surface area contributed by atoms with Crippen LogP contribution in [0.5, 0.6) is 0 Å². The maximum Gasteiger partial charge on any atom is 0.270 e. The summed E-state index contributed by atoms with van der Waals surface area (Å²) in [7, 11) is 0. The van der Waals surface area contributed by atoms with Gasteiger partial charge in [0.25, 0.3) is 5.69 Å². The number of non-ortho nitro benzene ring substituents is 1. The molecule has 1 heterocycles. The molecule has 2 aromatic rings. The Morgan fingerprint density at radius 3 is 2.77 bits per heavy atom. The monoisotopic (exact) mass is 432 g/mol. The maximum absolute atomic E-state index is 12.1. The number of halogens is 1. The van der Waals surface area contributed by atoms with Crippen LogP contribution >= 0.6 is 27.7 Å². The van der Waals surface area contributed by atoms with E-state index in [1.807, 2.05) is 24.3 Å². The lowest BCUT2D eigenvalue weighted by molar-refractivity contribution is -0.384. The maximum atomic E-state index is 12.1. The van der Waals surface area contributed by atoms with E-state index < -0.39 is 4.92 Å². The van der Waals surface area contributed by atoms with E-state index in [0.29, 0.717) is 17.2 Å². The number of hydrogen-bond acceptors (Lipinski definition) is 6. The van der Waals surface area contributed by atoms with Crippen LogP contribution in [-0.2, 0) is 11.2 Å². The van der Waals surface area contributed by atoms with E-state index in [9.17, 15) is 14.9 Å². The summed E-state index contributed by atoms with van der Waals surface area (Å²) in [5, 5.41) is 21.5. The van der Waals surface area contributed by atoms with Crippen LogP contribution in [0.25, 0.3) is 0 Å². The minimum absolute atomic E-state index is 0.0142. The molecule has 1 aliphatic heterocycles. The number of carbonyl (C=O) groups is 1. The number of nitrogens with one attached hydrogen (secondary N) is 1. The predicted octanol–water partition coefficient (Wildman–Crippen LogP) is 3.52. The minimum atomic E-state index is -0.469. The van der Waals surface area contributed by atoms with Gasteiger partial charge in [-0.3, -0.25) is 14.9 Å². The molecule has 7 nitrogen and oxygen atoms in total. The summed E-state index contributed by atoms with van der Waals surface area (Å²) in [6.07, 6.45) is 2.01. The normalized spacial score (nSPS) is 18.4. The van der Waals surface area contributed by atoms with Gasteiger partial charge in [0.1, 0.15) is 0 Å². The van der Waals surface area contributed by atoms with Gasteiger partial charge >= 0.3 is 0 Å². The van der Waals surface area contributed by atoms with Gasteiger partial charge in [0.15, 0.2) is 5.17 Å². The van der Waals surface area contributed by atoms with E-state index in [1.54, 1.807) is 12.1 Å². The van der Waals surface area contributed by atoms with Gasteiger partial charge < -0.3 is 5.32 Å². The lowest BCUT2D eigenvalue weighted by Gasteiger charge is -2.05. The Morgan fingerprint density at radius 1 is 1.27 bits per heavy atom. The topological polar surface area (TPSA) is 97.0 Å². The molecule has 9 heteroatoms. The van der Waals surface area contributed by atoms with Crippen molar-refractivity contribution >= 4 is 50.7 Å². The van der Waals surface area contributed by atoms with E-state index >= 15 is 0 Å². The first-order chi connectivity index (χ1) is 12.5. The quantitative estimate of drug-likeness (QED) is 0.443. The molecule has 1 amide bonds. The van der Waals surface area contributed by atoms with E-state index in [1.165, 1.54) is 30.1 Å². The first-order valence-electron chi connectivity index (χ1n) is 7.59. The predicted molar refractivity (Wildman–Crippen MR) is 105 cm³/mol. The van der Waals surface area contributed by atoms with E-state index in [-0.39, 0.29) is 16.8 Å². The number of benzene rings is 2. The second kappa shape index (κ2) is 8.24. The largest absolute Gasteiger partial charge is 0.303 e. The van der Waals surface area contributed by atoms with Gasteiger partial charge in [-0.2, -0.15) is 5.10 Å². The molecule has 0 unspecified atom stereocenters. The standard InChI is InChI=1S/C17H13BrN4O3S/c18-13-6-4-11(5-7-13)9-15-16(23)20-17(26-15)21-19-10-12-2-1-3-14(8-12)22(24)25/h1-8,10,15H,9H2,(H,20,21,23)/b19-10+/t15-/m1/s1. The van der Waals surface area contributed by atoms with Gasteiger partial charge in [-0.05, 0) is 24.1 Å². The number of rotatable bonds is 5. The molecule has 0 spiro atoms. The van der Waals surface area contributed by atoms with Crippen LogP contribution in [-0.4, -0.2) is 27.5 Å². The molecular weight excluding hydrogens is 420 g/mol. The molecule has 1 fully saturated rings. The van der Waals surface area contributed by atoms with Gasteiger partial charge in [-0.25, -0.2) is 0 Å². The van der Waals surface area contributed by atoms with Crippen LogP contribution < -0.4 is 5.32 Å². The lowest BCUT2D eigenvalue weighted by Crippen LogP contribution is -2.25. The van der Waals surface area contributed by atoms with Gasteiger partial charge in [0.05, 0.1) is 16.4 Å². The Balaban J connectivity index is 1.63. The van der Waals surface area contributed by atoms with Crippen molar-refractivity contribution in [1.82, 2.24) is 5.32 Å². The zero-order valence-corrected chi connectivity index (χ0v) is 15.7. The fourth-order valence-corrected chi connectivity index (χ4v) is 3.52. The number of hydrogen-bond donors (Lipinski definition) is 1. The number of amidine groups is 1. The Kier molecular flexibility index (Phi) is 5.79. The number of amides is 1. The number of thioether (sulfide) groups is 1. The summed E-state index contributed by atoms with van der Waals surface area (Å²) in [6.45, 7) is 0. The average Bonchev–Trinajstić information content (AvgIpc) is 2.97.